The summed E-state index contributed by atoms with van der Waals surface area (Å²) in [7, 11) is 0. The topological polar surface area (TPSA) is 55.6 Å². The summed E-state index contributed by atoms with van der Waals surface area (Å²) in [5.41, 5.74) is 7.60. The number of carbonyl (C=O) groups is 1. The van der Waals surface area contributed by atoms with Crippen LogP contribution in [0.5, 0.6) is 0 Å². The Morgan fingerprint density at radius 1 is 1.44 bits per heavy atom. The average molecular weight is 250 g/mol. The summed E-state index contributed by atoms with van der Waals surface area (Å²) in [6.45, 7) is 7.36. The van der Waals surface area contributed by atoms with E-state index in [1.807, 2.05) is 31.2 Å². The first-order valence-electron chi connectivity index (χ1n) is 6.27. The van der Waals surface area contributed by atoms with E-state index in [0.717, 1.165) is 11.3 Å². The summed E-state index contributed by atoms with van der Waals surface area (Å²) < 4.78 is 4.98. The molecular formula is C14H22N2O2. The van der Waals surface area contributed by atoms with Crippen molar-refractivity contribution in [1.82, 2.24) is 4.90 Å². The van der Waals surface area contributed by atoms with Crippen molar-refractivity contribution in [2.45, 2.75) is 33.4 Å². The number of benzene rings is 1. The van der Waals surface area contributed by atoms with Crippen molar-refractivity contribution in [3.63, 3.8) is 0 Å². The Kier molecular flexibility index (Phi) is 5.65. The van der Waals surface area contributed by atoms with E-state index in [1.54, 1.807) is 0 Å². The molecule has 1 aromatic carbocycles. The molecule has 100 valence electrons. The predicted octanol–water partition coefficient (Wildman–Crippen LogP) is 2.04. The van der Waals surface area contributed by atoms with E-state index in [0.29, 0.717) is 19.7 Å². The minimum atomic E-state index is -0.185. The van der Waals surface area contributed by atoms with Crippen LogP contribution in [-0.2, 0) is 16.1 Å². The van der Waals surface area contributed by atoms with Gasteiger partial charge in [0.2, 0.25) is 0 Å². The molecule has 0 spiro atoms. The van der Waals surface area contributed by atoms with Gasteiger partial charge in [-0.15, -0.1) is 0 Å². The van der Waals surface area contributed by atoms with Crippen molar-refractivity contribution < 1.29 is 9.53 Å². The van der Waals surface area contributed by atoms with E-state index < -0.39 is 0 Å². The first-order chi connectivity index (χ1) is 8.52. The summed E-state index contributed by atoms with van der Waals surface area (Å²) in [4.78, 5) is 13.6. The third-order valence-electron chi connectivity index (χ3n) is 2.70. The van der Waals surface area contributed by atoms with Crippen LogP contribution in [-0.4, -0.2) is 30.1 Å². The molecule has 2 N–H and O–H groups in total. The molecular weight excluding hydrogens is 228 g/mol. The van der Waals surface area contributed by atoms with Crippen molar-refractivity contribution in [3.8, 4) is 0 Å². The zero-order chi connectivity index (χ0) is 13.5. The lowest BCUT2D eigenvalue weighted by Crippen LogP contribution is -2.36. The number of carbonyl (C=O) groups excluding carboxylic acids is 1. The minimum absolute atomic E-state index is 0.185. The Morgan fingerprint density at radius 3 is 2.72 bits per heavy atom. The fraction of sp³-hybridized carbons (Fsp3) is 0.500. The molecule has 0 saturated carbocycles. The maximum absolute atomic E-state index is 11.5. The number of hydrogen-bond acceptors (Lipinski definition) is 4. The lowest BCUT2D eigenvalue weighted by atomic mass is 10.1. The largest absolute Gasteiger partial charge is 0.465 e. The lowest BCUT2D eigenvalue weighted by Gasteiger charge is -2.25. The maximum Gasteiger partial charge on any atom is 0.320 e. The van der Waals surface area contributed by atoms with Crippen LogP contribution in [0.1, 0.15) is 26.3 Å². The van der Waals surface area contributed by atoms with Crippen LogP contribution >= 0.6 is 0 Å². The van der Waals surface area contributed by atoms with Crippen LogP contribution in [0.25, 0.3) is 0 Å². The first kappa shape index (κ1) is 14.5. The molecule has 1 rings (SSSR count). The molecule has 0 radical (unpaired) electrons. The SMILES string of the molecule is CCOC(=O)CN(Cc1cccc(N)c1)C(C)C. The highest BCUT2D eigenvalue weighted by molar-refractivity contribution is 5.71. The summed E-state index contributed by atoms with van der Waals surface area (Å²) in [5.74, 6) is -0.185. The van der Waals surface area contributed by atoms with Crippen LogP contribution < -0.4 is 5.73 Å². The predicted molar refractivity (Wildman–Crippen MR) is 73.0 cm³/mol. The molecule has 0 amide bonds. The van der Waals surface area contributed by atoms with E-state index in [9.17, 15) is 4.79 Å². The molecule has 0 unspecified atom stereocenters. The summed E-state index contributed by atoms with van der Waals surface area (Å²) in [6, 6.07) is 8.00. The number of anilines is 1. The van der Waals surface area contributed by atoms with Gasteiger partial charge in [-0.3, -0.25) is 9.69 Å². The number of nitrogens with two attached hydrogens (primary N) is 1. The number of nitrogens with zero attached hydrogens (tertiary/aromatic N) is 1. The highest BCUT2D eigenvalue weighted by atomic mass is 16.5. The highest BCUT2D eigenvalue weighted by Gasteiger charge is 2.15. The Hall–Kier alpha value is -1.55. The first-order valence-corrected chi connectivity index (χ1v) is 6.27. The molecule has 4 heteroatoms. The molecule has 0 atom stereocenters. The van der Waals surface area contributed by atoms with Gasteiger partial charge in [-0.2, -0.15) is 0 Å². The standard InChI is InChI=1S/C14H22N2O2/c1-4-18-14(17)10-16(11(2)3)9-12-6-5-7-13(15)8-12/h5-8,11H,4,9-10,15H2,1-3H3. The van der Waals surface area contributed by atoms with Gasteiger partial charge in [0, 0.05) is 18.3 Å². The number of rotatable bonds is 6. The highest BCUT2D eigenvalue weighted by Crippen LogP contribution is 2.11. The quantitative estimate of drug-likeness (QED) is 0.620. The Morgan fingerprint density at radius 2 is 2.17 bits per heavy atom. The van der Waals surface area contributed by atoms with E-state index in [1.165, 1.54) is 0 Å². The molecule has 18 heavy (non-hydrogen) atoms. The van der Waals surface area contributed by atoms with Gasteiger partial charge in [-0.1, -0.05) is 12.1 Å². The van der Waals surface area contributed by atoms with Crippen molar-refractivity contribution in [1.29, 1.82) is 0 Å². The number of ether oxygens (including phenoxy) is 1. The van der Waals surface area contributed by atoms with Gasteiger partial charge < -0.3 is 10.5 Å². The van der Waals surface area contributed by atoms with E-state index in [2.05, 4.69) is 18.7 Å². The summed E-state index contributed by atoms with van der Waals surface area (Å²) in [5, 5.41) is 0. The van der Waals surface area contributed by atoms with Crippen molar-refractivity contribution in [3.05, 3.63) is 29.8 Å². The minimum Gasteiger partial charge on any atom is -0.465 e. The normalized spacial score (nSPS) is 10.9. The van der Waals surface area contributed by atoms with Gasteiger partial charge in [0.25, 0.3) is 0 Å². The maximum atomic E-state index is 11.5. The van der Waals surface area contributed by atoms with E-state index in [-0.39, 0.29) is 12.0 Å². The zero-order valence-electron chi connectivity index (χ0n) is 11.3. The number of hydrogen-bond donors (Lipinski definition) is 1. The fourth-order valence-corrected chi connectivity index (χ4v) is 1.72. The molecule has 0 aromatic heterocycles. The molecule has 1 aromatic rings. The second-order valence-corrected chi connectivity index (χ2v) is 4.55. The van der Waals surface area contributed by atoms with Gasteiger partial charge in [0.1, 0.15) is 0 Å². The number of esters is 1. The fourth-order valence-electron chi connectivity index (χ4n) is 1.72. The second kappa shape index (κ2) is 7.01. The van der Waals surface area contributed by atoms with E-state index >= 15 is 0 Å². The lowest BCUT2D eigenvalue weighted by molar-refractivity contribution is -0.145. The van der Waals surface area contributed by atoms with Crippen LogP contribution in [0, 0.1) is 0 Å². The molecule has 0 fully saturated rings. The molecule has 4 nitrogen and oxygen atoms in total. The molecule has 0 aliphatic rings. The van der Waals surface area contributed by atoms with Crippen LogP contribution in [0.4, 0.5) is 5.69 Å². The van der Waals surface area contributed by atoms with Crippen LogP contribution in [0.3, 0.4) is 0 Å². The Bertz CT molecular complexity index is 391. The van der Waals surface area contributed by atoms with Gasteiger partial charge in [0.15, 0.2) is 0 Å². The van der Waals surface area contributed by atoms with Gasteiger partial charge in [0.05, 0.1) is 13.2 Å². The average Bonchev–Trinajstić information content (AvgIpc) is 2.28. The smallest absolute Gasteiger partial charge is 0.320 e. The third-order valence-corrected chi connectivity index (χ3v) is 2.70. The van der Waals surface area contributed by atoms with Gasteiger partial charge in [-0.25, -0.2) is 0 Å². The zero-order valence-corrected chi connectivity index (χ0v) is 11.3. The molecule has 0 aliphatic carbocycles. The van der Waals surface area contributed by atoms with Gasteiger partial charge >= 0.3 is 5.97 Å². The van der Waals surface area contributed by atoms with Gasteiger partial charge in [-0.05, 0) is 38.5 Å². The molecule has 0 saturated heterocycles. The second-order valence-electron chi connectivity index (χ2n) is 4.55. The van der Waals surface area contributed by atoms with Crippen LogP contribution in [0.15, 0.2) is 24.3 Å². The molecule has 0 heterocycles. The van der Waals surface area contributed by atoms with E-state index in [4.69, 9.17) is 10.5 Å². The monoisotopic (exact) mass is 250 g/mol. The summed E-state index contributed by atoms with van der Waals surface area (Å²) >= 11 is 0. The molecule has 0 aliphatic heterocycles. The third kappa shape index (κ3) is 4.75. The van der Waals surface area contributed by atoms with Crippen LogP contribution in [0.2, 0.25) is 0 Å². The summed E-state index contributed by atoms with van der Waals surface area (Å²) in [6.07, 6.45) is 0. The Balaban J connectivity index is 2.66. The van der Waals surface area contributed by atoms with Crippen molar-refractivity contribution >= 4 is 11.7 Å². The van der Waals surface area contributed by atoms with Crippen molar-refractivity contribution in [2.24, 2.45) is 0 Å². The van der Waals surface area contributed by atoms with Crippen molar-refractivity contribution in [2.75, 3.05) is 18.9 Å². The number of nitrogen functional groups attached to an aromatic ring is 1. The molecule has 0 bridgehead atoms. The Labute approximate surface area is 109 Å².